The van der Waals surface area contributed by atoms with E-state index in [0.717, 1.165) is 0 Å². The van der Waals surface area contributed by atoms with E-state index in [4.69, 9.17) is 5.73 Å². The van der Waals surface area contributed by atoms with Crippen LogP contribution in [0.25, 0.3) is 0 Å². The maximum Gasteiger partial charge on any atom is 0.404 e. The lowest BCUT2D eigenvalue weighted by atomic mass is 10.2. The number of hydrogen-bond donors (Lipinski definition) is 2. The molecule has 5 nitrogen and oxygen atoms in total. The summed E-state index contributed by atoms with van der Waals surface area (Å²) in [7, 11) is 0. The van der Waals surface area contributed by atoms with Crippen molar-refractivity contribution >= 4 is 17.4 Å². The Kier molecular flexibility index (Phi) is 4.34. The van der Waals surface area contributed by atoms with Crippen molar-refractivity contribution in [2.75, 3.05) is 6.61 Å². The molecule has 0 aliphatic rings. The fourth-order valence-electron chi connectivity index (χ4n) is 0.972. The van der Waals surface area contributed by atoms with Crippen molar-refractivity contribution < 1.29 is 14.6 Å². The summed E-state index contributed by atoms with van der Waals surface area (Å²) in [4.78, 5) is 14.2. The van der Waals surface area contributed by atoms with E-state index in [0.29, 0.717) is 17.8 Å². The molecular formula is C8H12N2O3S. The van der Waals surface area contributed by atoms with Crippen LogP contribution in [0.1, 0.15) is 24.0 Å². The number of rotatable bonds is 5. The number of nitrogens with zero attached hydrogens (tertiary/aromatic N) is 1. The molecule has 0 spiro atoms. The van der Waals surface area contributed by atoms with Crippen molar-refractivity contribution in [1.29, 1.82) is 0 Å². The molecule has 1 aromatic heterocycles. The summed E-state index contributed by atoms with van der Waals surface area (Å²) in [6.07, 6.45) is 1.37. The number of amides is 1. The second-order valence-electron chi connectivity index (χ2n) is 2.70. The van der Waals surface area contributed by atoms with Gasteiger partial charge in [-0.25, -0.2) is 9.78 Å². The smallest absolute Gasteiger partial charge is 0.404 e. The fourth-order valence-corrected chi connectivity index (χ4v) is 1.63. The monoisotopic (exact) mass is 216 g/mol. The van der Waals surface area contributed by atoms with Crippen molar-refractivity contribution in [3.63, 3.8) is 0 Å². The molecule has 1 amide bonds. The molecule has 0 bridgehead atoms. The van der Waals surface area contributed by atoms with Gasteiger partial charge in [-0.05, 0) is 12.8 Å². The van der Waals surface area contributed by atoms with E-state index in [1.54, 1.807) is 11.6 Å². The number of hydrogen-bond acceptors (Lipinski definition) is 5. The number of carbonyl (C=O) groups is 1. The van der Waals surface area contributed by atoms with Gasteiger partial charge in [-0.15, -0.1) is 11.3 Å². The third-order valence-corrected chi connectivity index (χ3v) is 2.48. The summed E-state index contributed by atoms with van der Waals surface area (Å²) in [5, 5.41) is 12.0. The second-order valence-corrected chi connectivity index (χ2v) is 3.62. The minimum atomic E-state index is -0.784. The number of primary amides is 1. The molecule has 0 radical (unpaired) electrons. The molecule has 0 aromatic carbocycles. The third kappa shape index (κ3) is 3.71. The Morgan fingerprint density at radius 1 is 1.79 bits per heavy atom. The van der Waals surface area contributed by atoms with E-state index in [1.165, 1.54) is 11.3 Å². The van der Waals surface area contributed by atoms with Crippen molar-refractivity contribution in [3.05, 3.63) is 16.6 Å². The van der Waals surface area contributed by atoms with Gasteiger partial charge in [0.05, 0.1) is 6.61 Å². The quantitative estimate of drug-likeness (QED) is 0.720. The Morgan fingerprint density at radius 3 is 3.14 bits per heavy atom. The Bertz CT molecular complexity index is 276. The van der Waals surface area contributed by atoms with Gasteiger partial charge in [-0.2, -0.15) is 0 Å². The van der Waals surface area contributed by atoms with Gasteiger partial charge in [-0.3, -0.25) is 0 Å². The van der Waals surface area contributed by atoms with Crippen molar-refractivity contribution in [2.45, 2.75) is 18.9 Å². The van der Waals surface area contributed by atoms with E-state index in [9.17, 15) is 9.90 Å². The summed E-state index contributed by atoms with van der Waals surface area (Å²) < 4.78 is 4.52. The Labute approximate surface area is 85.5 Å². The first-order chi connectivity index (χ1) is 6.70. The van der Waals surface area contributed by atoms with Gasteiger partial charge in [0.15, 0.2) is 0 Å². The lowest BCUT2D eigenvalue weighted by molar-refractivity contribution is 0.130. The fraction of sp³-hybridized carbons (Fsp3) is 0.500. The highest BCUT2D eigenvalue weighted by atomic mass is 32.1. The van der Waals surface area contributed by atoms with E-state index in [-0.39, 0.29) is 6.61 Å². The molecule has 78 valence electrons. The molecule has 0 fully saturated rings. The number of aliphatic hydroxyl groups excluding tert-OH is 1. The summed E-state index contributed by atoms with van der Waals surface area (Å²) >= 11 is 1.40. The molecular weight excluding hydrogens is 204 g/mol. The SMILES string of the molecule is NC(=O)OCCCC(O)c1nccs1. The predicted octanol–water partition coefficient (Wildman–Crippen LogP) is 1.05. The molecule has 1 atom stereocenters. The van der Waals surface area contributed by atoms with Gasteiger partial charge in [0.1, 0.15) is 11.1 Å². The molecule has 1 heterocycles. The van der Waals surface area contributed by atoms with Crippen LogP contribution in [0.4, 0.5) is 4.79 Å². The molecule has 1 unspecified atom stereocenters. The summed E-state index contributed by atoms with van der Waals surface area (Å²) in [6, 6.07) is 0. The molecule has 0 aliphatic heterocycles. The molecule has 0 saturated heterocycles. The first-order valence-electron chi connectivity index (χ1n) is 4.20. The number of carbonyl (C=O) groups excluding carboxylic acids is 1. The summed E-state index contributed by atoms with van der Waals surface area (Å²) in [5.41, 5.74) is 4.77. The van der Waals surface area contributed by atoms with Crippen LogP contribution in [-0.4, -0.2) is 22.8 Å². The van der Waals surface area contributed by atoms with Crippen molar-refractivity contribution in [3.8, 4) is 0 Å². The minimum absolute atomic E-state index is 0.234. The van der Waals surface area contributed by atoms with Crippen LogP contribution in [0.15, 0.2) is 11.6 Å². The summed E-state index contributed by atoms with van der Waals surface area (Å²) in [5.74, 6) is 0. The zero-order valence-electron chi connectivity index (χ0n) is 7.55. The molecule has 14 heavy (non-hydrogen) atoms. The first-order valence-corrected chi connectivity index (χ1v) is 5.08. The van der Waals surface area contributed by atoms with E-state index in [1.807, 2.05) is 0 Å². The van der Waals surface area contributed by atoms with Gasteiger partial charge < -0.3 is 15.6 Å². The number of ether oxygens (including phenoxy) is 1. The van der Waals surface area contributed by atoms with Gasteiger partial charge in [0.25, 0.3) is 0 Å². The number of aliphatic hydroxyl groups is 1. The van der Waals surface area contributed by atoms with Crippen LogP contribution in [-0.2, 0) is 4.74 Å². The number of thiazole rings is 1. The average Bonchev–Trinajstić information content (AvgIpc) is 2.64. The molecule has 0 aliphatic carbocycles. The molecule has 1 rings (SSSR count). The second kappa shape index (κ2) is 5.56. The van der Waals surface area contributed by atoms with Crippen LogP contribution < -0.4 is 5.73 Å². The highest BCUT2D eigenvalue weighted by molar-refractivity contribution is 7.09. The zero-order valence-corrected chi connectivity index (χ0v) is 8.37. The normalized spacial score (nSPS) is 12.4. The largest absolute Gasteiger partial charge is 0.450 e. The number of nitrogens with two attached hydrogens (primary N) is 1. The van der Waals surface area contributed by atoms with Crippen LogP contribution in [0, 0.1) is 0 Å². The highest BCUT2D eigenvalue weighted by Gasteiger charge is 2.09. The number of aromatic nitrogens is 1. The van der Waals surface area contributed by atoms with Crippen LogP contribution in [0.5, 0.6) is 0 Å². The predicted molar refractivity (Wildman–Crippen MR) is 51.8 cm³/mol. The standard InChI is InChI=1S/C8H12N2O3S/c9-8(12)13-4-1-2-6(11)7-10-3-5-14-7/h3,5-6,11H,1-2,4H2,(H2,9,12). The maximum atomic E-state index is 10.2. The average molecular weight is 216 g/mol. The van der Waals surface area contributed by atoms with Gasteiger partial charge >= 0.3 is 6.09 Å². The van der Waals surface area contributed by atoms with Crippen molar-refractivity contribution in [1.82, 2.24) is 4.98 Å². The summed E-state index contributed by atoms with van der Waals surface area (Å²) in [6.45, 7) is 0.234. The van der Waals surface area contributed by atoms with Crippen molar-refractivity contribution in [2.24, 2.45) is 5.73 Å². The molecule has 3 N–H and O–H groups in total. The maximum absolute atomic E-state index is 10.2. The lowest BCUT2D eigenvalue weighted by Crippen LogP contribution is -2.14. The van der Waals surface area contributed by atoms with E-state index < -0.39 is 12.2 Å². The Hall–Kier alpha value is -1.14. The van der Waals surface area contributed by atoms with Gasteiger partial charge in [0.2, 0.25) is 0 Å². The van der Waals surface area contributed by atoms with Crippen LogP contribution >= 0.6 is 11.3 Å². The van der Waals surface area contributed by atoms with E-state index in [2.05, 4.69) is 9.72 Å². The van der Waals surface area contributed by atoms with Gasteiger partial charge in [-0.1, -0.05) is 0 Å². The first kappa shape index (κ1) is 10.9. The van der Waals surface area contributed by atoms with E-state index >= 15 is 0 Å². The zero-order chi connectivity index (χ0) is 10.4. The topological polar surface area (TPSA) is 85.4 Å². The van der Waals surface area contributed by atoms with Crippen LogP contribution in [0.3, 0.4) is 0 Å². The molecule has 6 heteroatoms. The Morgan fingerprint density at radius 2 is 2.57 bits per heavy atom. The highest BCUT2D eigenvalue weighted by Crippen LogP contribution is 2.19. The van der Waals surface area contributed by atoms with Gasteiger partial charge in [0, 0.05) is 11.6 Å². The van der Waals surface area contributed by atoms with Crippen LogP contribution in [0.2, 0.25) is 0 Å². The lowest BCUT2D eigenvalue weighted by Gasteiger charge is -2.06. The molecule has 1 aromatic rings. The molecule has 0 saturated carbocycles. The minimum Gasteiger partial charge on any atom is -0.450 e. The Balaban J connectivity index is 2.16. The third-order valence-electron chi connectivity index (χ3n) is 1.60.